The lowest BCUT2D eigenvalue weighted by atomic mass is 10.2. The number of hydrogen-bond acceptors (Lipinski definition) is 6. The van der Waals surface area contributed by atoms with Crippen molar-refractivity contribution in [2.24, 2.45) is 4.99 Å². The first-order valence-electron chi connectivity index (χ1n) is 9.19. The van der Waals surface area contributed by atoms with Gasteiger partial charge in [-0.05, 0) is 37.3 Å². The Labute approximate surface area is 176 Å². The van der Waals surface area contributed by atoms with Crippen LogP contribution in [-0.2, 0) is 4.79 Å². The summed E-state index contributed by atoms with van der Waals surface area (Å²) in [5.74, 6) is -0.345. The van der Waals surface area contributed by atoms with Gasteiger partial charge in [0.15, 0.2) is 0 Å². The van der Waals surface area contributed by atoms with Crippen molar-refractivity contribution in [3.63, 3.8) is 0 Å². The largest absolute Gasteiger partial charge is 0.573 e. The predicted octanol–water partition coefficient (Wildman–Crippen LogP) is 3.88. The number of allylic oxidation sites excluding steroid dienone is 2. The van der Waals surface area contributed by atoms with Crippen LogP contribution in [0.1, 0.15) is 6.92 Å². The average Bonchev–Trinajstić information content (AvgIpc) is 3.13. The number of ether oxygens (including phenoxy) is 1. The molecule has 3 rings (SSSR count). The average molecular weight is 438 g/mol. The molecule has 0 aliphatic carbocycles. The van der Waals surface area contributed by atoms with Gasteiger partial charge in [-0.15, -0.1) is 13.2 Å². The van der Waals surface area contributed by atoms with E-state index < -0.39 is 6.36 Å². The monoisotopic (exact) mass is 438 g/mol. The zero-order valence-corrected chi connectivity index (χ0v) is 17.1. The Morgan fingerprint density at radius 3 is 2.57 bits per heavy atom. The number of nitrogens with zero attached hydrogens (tertiary/aromatic N) is 2. The van der Waals surface area contributed by atoms with Gasteiger partial charge in [-0.25, -0.2) is 4.99 Å². The van der Waals surface area contributed by atoms with Crippen molar-refractivity contribution in [2.75, 3.05) is 31.5 Å². The molecule has 10 heteroatoms. The van der Waals surface area contributed by atoms with Gasteiger partial charge in [0, 0.05) is 49.3 Å². The number of carbonyl (C=O) groups is 1. The molecule has 0 unspecified atom stereocenters. The van der Waals surface area contributed by atoms with Crippen LogP contribution in [0, 0.1) is 0 Å². The molecular weight excluding hydrogens is 417 g/mol. The van der Waals surface area contributed by atoms with Crippen LogP contribution >= 0.6 is 11.8 Å². The van der Waals surface area contributed by atoms with Gasteiger partial charge in [0.2, 0.25) is 0 Å². The van der Waals surface area contributed by atoms with E-state index in [1.54, 1.807) is 11.0 Å². The molecule has 1 aromatic carbocycles. The van der Waals surface area contributed by atoms with Crippen molar-refractivity contribution in [1.29, 1.82) is 0 Å². The van der Waals surface area contributed by atoms with Gasteiger partial charge in [0.05, 0.1) is 4.91 Å². The van der Waals surface area contributed by atoms with Gasteiger partial charge in [-0.1, -0.05) is 18.3 Å². The van der Waals surface area contributed by atoms with Crippen molar-refractivity contribution >= 4 is 28.4 Å². The van der Waals surface area contributed by atoms with E-state index >= 15 is 0 Å². The lowest BCUT2D eigenvalue weighted by Gasteiger charge is -2.27. The molecule has 2 heterocycles. The van der Waals surface area contributed by atoms with Gasteiger partial charge in [-0.2, -0.15) is 0 Å². The van der Waals surface area contributed by atoms with E-state index in [0.717, 1.165) is 18.7 Å². The summed E-state index contributed by atoms with van der Waals surface area (Å²) in [6.45, 7) is 8.24. The maximum Gasteiger partial charge on any atom is 0.573 e. The fraction of sp³-hybridized carbons (Fsp3) is 0.300. The minimum atomic E-state index is -4.73. The molecule has 2 aliphatic heterocycles. The number of alkyl halides is 3. The normalized spacial score (nSPS) is 20.1. The lowest BCUT2D eigenvalue weighted by molar-refractivity contribution is -0.274. The zero-order chi connectivity index (χ0) is 21.7. The van der Waals surface area contributed by atoms with Crippen LogP contribution in [-0.4, -0.2) is 48.4 Å². The molecule has 0 aromatic heterocycles. The van der Waals surface area contributed by atoms with Gasteiger partial charge in [0.25, 0.3) is 5.91 Å². The van der Waals surface area contributed by atoms with Gasteiger partial charge < -0.3 is 20.3 Å². The van der Waals surface area contributed by atoms with Crippen LogP contribution in [0.15, 0.2) is 64.3 Å². The summed E-state index contributed by atoms with van der Waals surface area (Å²) in [6, 6.07) is 5.41. The lowest BCUT2D eigenvalue weighted by Crippen LogP contribution is -2.46. The minimum absolute atomic E-state index is 0.0466. The fourth-order valence-electron chi connectivity index (χ4n) is 2.98. The first-order valence-corrected chi connectivity index (χ1v) is 10.0. The highest BCUT2D eigenvalue weighted by Crippen LogP contribution is 2.35. The third-order valence-electron chi connectivity index (χ3n) is 4.36. The molecule has 160 valence electrons. The molecule has 1 saturated heterocycles. The summed E-state index contributed by atoms with van der Waals surface area (Å²) in [5, 5.41) is 6.98. The van der Waals surface area contributed by atoms with E-state index in [4.69, 9.17) is 0 Å². The maximum atomic E-state index is 12.8. The number of benzene rings is 1. The number of piperazine rings is 1. The molecule has 0 atom stereocenters. The molecule has 1 aromatic rings. The Bertz CT molecular complexity index is 902. The number of halogens is 3. The molecule has 0 saturated carbocycles. The van der Waals surface area contributed by atoms with Crippen molar-refractivity contribution in [3.05, 3.63) is 59.3 Å². The highest BCUT2D eigenvalue weighted by atomic mass is 32.2. The topological polar surface area (TPSA) is 66.0 Å². The van der Waals surface area contributed by atoms with Crippen molar-refractivity contribution in [2.45, 2.75) is 13.3 Å². The molecule has 1 amide bonds. The summed E-state index contributed by atoms with van der Waals surface area (Å²) in [5.41, 5.74) is 2.01. The van der Waals surface area contributed by atoms with Crippen molar-refractivity contribution < 1.29 is 22.7 Å². The summed E-state index contributed by atoms with van der Waals surface area (Å²) in [7, 11) is 0. The Kier molecular flexibility index (Phi) is 6.88. The highest BCUT2D eigenvalue weighted by Gasteiger charge is 2.31. The van der Waals surface area contributed by atoms with Crippen LogP contribution in [0.5, 0.6) is 5.75 Å². The van der Waals surface area contributed by atoms with Crippen molar-refractivity contribution in [3.8, 4) is 5.75 Å². The third kappa shape index (κ3) is 5.67. The molecule has 0 spiro atoms. The number of nitrogens with one attached hydrogen (secondary N) is 2. The molecule has 1 fully saturated rings. The molecule has 2 aliphatic rings. The molecular formula is C20H21F3N4O2S. The summed E-state index contributed by atoms with van der Waals surface area (Å²) in [6.07, 6.45) is -1.55. The van der Waals surface area contributed by atoms with Crippen molar-refractivity contribution in [1.82, 2.24) is 10.2 Å². The number of hydrogen-bond donors (Lipinski definition) is 2. The van der Waals surface area contributed by atoms with Crippen LogP contribution < -0.4 is 15.4 Å². The number of amides is 1. The first kappa shape index (κ1) is 22.0. The number of anilines is 1. The Hall–Kier alpha value is -2.72. The predicted molar refractivity (Wildman–Crippen MR) is 112 cm³/mol. The second-order valence-corrected chi connectivity index (χ2v) is 7.54. The maximum absolute atomic E-state index is 12.8. The summed E-state index contributed by atoms with van der Waals surface area (Å²) >= 11 is 1.28. The zero-order valence-electron chi connectivity index (χ0n) is 16.3. The molecule has 0 bridgehead atoms. The third-order valence-corrected chi connectivity index (χ3v) is 5.39. The van der Waals surface area contributed by atoms with E-state index in [2.05, 4.69) is 26.9 Å². The minimum Gasteiger partial charge on any atom is -0.406 e. The van der Waals surface area contributed by atoms with Crippen LogP contribution in [0.25, 0.3) is 0 Å². The van der Waals surface area contributed by atoms with Crippen LogP contribution in [0.2, 0.25) is 0 Å². The van der Waals surface area contributed by atoms with E-state index in [0.29, 0.717) is 34.4 Å². The van der Waals surface area contributed by atoms with E-state index in [1.807, 2.05) is 6.92 Å². The van der Waals surface area contributed by atoms with Gasteiger partial charge in [-0.3, -0.25) is 4.79 Å². The van der Waals surface area contributed by atoms with Crippen LogP contribution in [0.4, 0.5) is 18.9 Å². The summed E-state index contributed by atoms with van der Waals surface area (Å²) in [4.78, 5) is 19.4. The number of thioether (sulfide) groups is 1. The standard InChI is InChI=1S/C20H21F3N4O2S/c1-3-25-18-16(12-17(30-18)19(28)27-10-8-24-9-11-27)13(2)26-14-4-6-15(7-5-14)29-20(21,22)23/h3-7,12,24,26H,1,8-11H2,2H3/b16-13+,25-18+. The molecule has 2 N–H and O–H groups in total. The Morgan fingerprint density at radius 1 is 1.30 bits per heavy atom. The van der Waals surface area contributed by atoms with E-state index in [1.165, 1.54) is 42.2 Å². The summed E-state index contributed by atoms with van der Waals surface area (Å²) < 4.78 is 40.8. The quantitative estimate of drug-likeness (QED) is 0.731. The first-order chi connectivity index (χ1) is 14.3. The number of rotatable bonds is 5. The van der Waals surface area contributed by atoms with E-state index in [-0.39, 0.29) is 11.7 Å². The fourth-order valence-corrected chi connectivity index (χ4v) is 4.03. The molecule has 0 radical (unpaired) electrons. The Balaban J connectivity index is 1.79. The van der Waals surface area contributed by atoms with Crippen LogP contribution in [0.3, 0.4) is 0 Å². The SMILES string of the molecule is C=C/N=C1/SC(C(=O)N2CCNCC2)=C/C1=C(/C)Nc1ccc(OC(F)(F)F)cc1. The molecule has 6 nitrogen and oxygen atoms in total. The highest BCUT2D eigenvalue weighted by molar-refractivity contribution is 8.18. The molecule has 30 heavy (non-hydrogen) atoms. The second kappa shape index (κ2) is 9.40. The smallest absolute Gasteiger partial charge is 0.406 e. The number of aliphatic imine (C=N–C) groups is 1. The second-order valence-electron chi connectivity index (χ2n) is 6.51. The van der Waals surface area contributed by atoms with Gasteiger partial charge in [0.1, 0.15) is 10.8 Å². The Morgan fingerprint density at radius 2 is 1.97 bits per heavy atom. The number of carbonyl (C=O) groups excluding carboxylic acids is 1. The van der Waals surface area contributed by atoms with E-state index in [9.17, 15) is 18.0 Å². The van der Waals surface area contributed by atoms with Gasteiger partial charge >= 0.3 is 6.36 Å².